The highest BCUT2D eigenvalue weighted by atomic mass is 35.5. The molecule has 0 saturated carbocycles. The summed E-state index contributed by atoms with van der Waals surface area (Å²) in [5, 5.41) is 12.7. The normalized spacial score (nSPS) is 12.2. The van der Waals surface area contributed by atoms with Crippen LogP contribution in [0.25, 0.3) is 11.0 Å². The number of halogens is 1. The highest BCUT2D eigenvalue weighted by Crippen LogP contribution is 2.19. The van der Waals surface area contributed by atoms with Crippen LogP contribution in [0.1, 0.15) is 37.9 Å². The van der Waals surface area contributed by atoms with Gasteiger partial charge in [0.15, 0.2) is 0 Å². The fourth-order valence-corrected chi connectivity index (χ4v) is 3.00. The van der Waals surface area contributed by atoms with Gasteiger partial charge in [0, 0.05) is 10.6 Å². The zero-order valence-corrected chi connectivity index (χ0v) is 15.0. The lowest BCUT2D eigenvalue weighted by Gasteiger charge is -2.21. The lowest BCUT2D eigenvalue weighted by atomic mass is 10.2. The maximum Gasteiger partial charge on any atom is 0.123 e. The molecule has 2 aromatic carbocycles. The number of hydrogen-bond acceptors (Lipinski definition) is 3. The zero-order chi connectivity index (χ0) is 16.9. The SMILES string of the molecule is CCCCC(NC(=S)c1ccc(Cl)cc1)n1nnc2ccccc21. The van der Waals surface area contributed by atoms with E-state index in [4.69, 9.17) is 23.8 Å². The number of aromatic nitrogens is 3. The Morgan fingerprint density at radius 3 is 2.71 bits per heavy atom. The van der Waals surface area contributed by atoms with Crippen molar-refractivity contribution >= 4 is 39.8 Å². The van der Waals surface area contributed by atoms with E-state index in [1.165, 1.54) is 0 Å². The highest BCUT2D eigenvalue weighted by molar-refractivity contribution is 7.80. The Morgan fingerprint density at radius 1 is 1.21 bits per heavy atom. The molecular weight excluding hydrogens is 340 g/mol. The van der Waals surface area contributed by atoms with Crippen LogP contribution in [0.4, 0.5) is 0 Å². The molecule has 0 saturated heterocycles. The van der Waals surface area contributed by atoms with Crippen molar-refractivity contribution in [3.8, 4) is 0 Å². The van der Waals surface area contributed by atoms with E-state index >= 15 is 0 Å². The van der Waals surface area contributed by atoms with Crippen LogP contribution in [-0.2, 0) is 0 Å². The first-order chi connectivity index (χ1) is 11.7. The molecule has 1 N–H and O–H groups in total. The summed E-state index contributed by atoms with van der Waals surface area (Å²) >= 11 is 11.5. The molecule has 0 bridgehead atoms. The molecule has 1 atom stereocenters. The molecular formula is C18H19ClN4S. The molecule has 1 unspecified atom stereocenters. The number of thiocarbonyl (C=S) groups is 1. The summed E-state index contributed by atoms with van der Waals surface area (Å²) in [4.78, 5) is 0.687. The molecule has 1 aromatic heterocycles. The van der Waals surface area contributed by atoms with Gasteiger partial charge in [0.25, 0.3) is 0 Å². The van der Waals surface area contributed by atoms with E-state index in [-0.39, 0.29) is 6.17 Å². The summed E-state index contributed by atoms with van der Waals surface area (Å²) < 4.78 is 1.92. The molecule has 1 heterocycles. The van der Waals surface area contributed by atoms with Crippen LogP contribution in [0.2, 0.25) is 5.02 Å². The number of unbranched alkanes of at least 4 members (excludes halogenated alkanes) is 1. The predicted octanol–water partition coefficient (Wildman–Crippen LogP) is 4.74. The Balaban J connectivity index is 1.86. The summed E-state index contributed by atoms with van der Waals surface area (Å²) in [6.07, 6.45) is 3.09. The van der Waals surface area contributed by atoms with Crippen LogP contribution >= 0.6 is 23.8 Å². The van der Waals surface area contributed by atoms with Gasteiger partial charge < -0.3 is 5.32 Å². The molecule has 124 valence electrons. The summed E-state index contributed by atoms with van der Waals surface area (Å²) in [5.74, 6) is 0. The van der Waals surface area contributed by atoms with Gasteiger partial charge >= 0.3 is 0 Å². The van der Waals surface area contributed by atoms with Crippen molar-refractivity contribution < 1.29 is 0 Å². The van der Waals surface area contributed by atoms with Crippen molar-refractivity contribution in [2.45, 2.75) is 32.4 Å². The van der Waals surface area contributed by atoms with E-state index in [0.717, 1.165) is 35.9 Å². The predicted molar refractivity (Wildman–Crippen MR) is 102 cm³/mol. The zero-order valence-electron chi connectivity index (χ0n) is 13.4. The molecule has 0 aliphatic rings. The molecule has 0 spiro atoms. The molecule has 3 aromatic rings. The van der Waals surface area contributed by atoms with Crippen molar-refractivity contribution in [1.29, 1.82) is 0 Å². The number of fused-ring (bicyclic) bond motifs is 1. The van der Waals surface area contributed by atoms with Crippen LogP contribution < -0.4 is 5.32 Å². The van der Waals surface area contributed by atoms with Gasteiger partial charge in [0.2, 0.25) is 0 Å². The molecule has 24 heavy (non-hydrogen) atoms. The van der Waals surface area contributed by atoms with Crippen molar-refractivity contribution in [3.63, 3.8) is 0 Å². The maximum atomic E-state index is 5.95. The summed E-state index contributed by atoms with van der Waals surface area (Å²) in [7, 11) is 0. The van der Waals surface area contributed by atoms with E-state index in [2.05, 4.69) is 22.6 Å². The summed E-state index contributed by atoms with van der Waals surface area (Å²) in [5.41, 5.74) is 2.84. The minimum Gasteiger partial charge on any atom is -0.354 e. The molecule has 0 aliphatic heterocycles. The van der Waals surface area contributed by atoms with Crippen LogP contribution in [0.15, 0.2) is 48.5 Å². The third-order valence-electron chi connectivity index (χ3n) is 3.91. The fourth-order valence-electron chi connectivity index (χ4n) is 2.61. The van der Waals surface area contributed by atoms with Gasteiger partial charge in [-0.05, 0) is 37.1 Å². The Bertz CT molecular complexity index is 828. The molecule has 0 aliphatic carbocycles. The molecule has 4 nitrogen and oxygen atoms in total. The lowest BCUT2D eigenvalue weighted by Crippen LogP contribution is -2.32. The molecule has 0 amide bonds. The van der Waals surface area contributed by atoms with Gasteiger partial charge in [0.05, 0.1) is 5.52 Å². The standard InChI is InChI=1S/C18H19ClN4S/c1-2-3-8-17(20-18(24)13-9-11-14(19)12-10-13)23-16-7-5-4-6-15(16)21-22-23/h4-7,9-12,17H,2-3,8H2,1H3,(H,20,24). The molecule has 0 radical (unpaired) electrons. The van der Waals surface area contributed by atoms with Gasteiger partial charge in [-0.25, -0.2) is 4.68 Å². The minimum absolute atomic E-state index is 0.0273. The van der Waals surface area contributed by atoms with Crippen LogP contribution in [0, 0.1) is 0 Å². The largest absolute Gasteiger partial charge is 0.354 e. The summed E-state index contributed by atoms with van der Waals surface area (Å²) in [6, 6.07) is 15.5. The first-order valence-electron chi connectivity index (χ1n) is 8.05. The van der Waals surface area contributed by atoms with Crippen molar-refractivity contribution in [2.75, 3.05) is 0 Å². The second kappa shape index (κ2) is 7.73. The van der Waals surface area contributed by atoms with Gasteiger partial charge in [0.1, 0.15) is 16.7 Å². The Hall–Kier alpha value is -1.98. The smallest absolute Gasteiger partial charge is 0.123 e. The summed E-state index contributed by atoms with van der Waals surface area (Å²) in [6.45, 7) is 2.17. The van der Waals surface area contributed by atoms with Gasteiger partial charge in [-0.15, -0.1) is 5.10 Å². The average molecular weight is 359 g/mol. The van der Waals surface area contributed by atoms with Crippen LogP contribution in [0.3, 0.4) is 0 Å². The molecule has 6 heteroatoms. The van der Waals surface area contributed by atoms with E-state index in [9.17, 15) is 0 Å². The van der Waals surface area contributed by atoms with Crippen LogP contribution in [-0.4, -0.2) is 20.0 Å². The number of para-hydroxylation sites is 1. The third-order valence-corrected chi connectivity index (χ3v) is 4.51. The van der Waals surface area contributed by atoms with Crippen LogP contribution in [0.5, 0.6) is 0 Å². The second-order valence-electron chi connectivity index (χ2n) is 5.66. The first kappa shape index (κ1) is 16.9. The van der Waals surface area contributed by atoms with Gasteiger partial charge in [-0.2, -0.15) is 0 Å². The van der Waals surface area contributed by atoms with Gasteiger partial charge in [-0.3, -0.25) is 0 Å². The lowest BCUT2D eigenvalue weighted by molar-refractivity contribution is 0.391. The van der Waals surface area contributed by atoms with Crippen molar-refractivity contribution in [1.82, 2.24) is 20.3 Å². The second-order valence-corrected chi connectivity index (χ2v) is 6.51. The number of nitrogens with one attached hydrogen (secondary N) is 1. The fraction of sp³-hybridized carbons (Fsp3) is 0.278. The monoisotopic (exact) mass is 358 g/mol. The molecule has 3 rings (SSSR count). The highest BCUT2D eigenvalue weighted by Gasteiger charge is 2.16. The quantitative estimate of drug-likeness (QED) is 0.646. The maximum absolute atomic E-state index is 5.95. The van der Waals surface area contributed by atoms with E-state index < -0.39 is 0 Å². The van der Waals surface area contributed by atoms with Crippen molar-refractivity contribution in [2.24, 2.45) is 0 Å². The van der Waals surface area contributed by atoms with Crippen molar-refractivity contribution in [3.05, 3.63) is 59.1 Å². The van der Waals surface area contributed by atoms with E-state index in [1.54, 1.807) is 0 Å². The minimum atomic E-state index is -0.0273. The number of rotatable bonds is 6. The molecule has 0 fully saturated rings. The number of nitrogens with zero attached hydrogens (tertiary/aromatic N) is 3. The third kappa shape index (κ3) is 3.74. The Morgan fingerprint density at radius 2 is 1.96 bits per heavy atom. The average Bonchev–Trinajstić information content (AvgIpc) is 3.03. The number of hydrogen-bond donors (Lipinski definition) is 1. The Kier molecular flexibility index (Phi) is 5.43. The van der Waals surface area contributed by atoms with E-state index in [0.29, 0.717) is 10.0 Å². The number of benzene rings is 2. The Labute approximate surface area is 151 Å². The van der Waals surface area contributed by atoms with E-state index in [1.807, 2.05) is 53.2 Å². The van der Waals surface area contributed by atoms with Gasteiger partial charge in [-0.1, -0.05) is 66.6 Å². The topological polar surface area (TPSA) is 42.7 Å². The first-order valence-corrected chi connectivity index (χ1v) is 8.84.